The first-order valence-electron chi connectivity index (χ1n) is 8.87. The van der Waals surface area contributed by atoms with E-state index in [2.05, 4.69) is 10.3 Å². The number of nitrogens with one attached hydrogen (secondary N) is 1. The molecule has 3 rings (SSSR count). The van der Waals surface area contributed by atoms with E-state index in [1.54, 1.807) is 30.0 Å². The fourth-order valence-corrected chi connectivity index (χ4v) is 3.91. The Balaban J connectivity index is 1.90. The Bertz CT molecular complexity index is 1210. The van der Waals surface area contributed by atoms with Crippen LogP contribution in [0.25, 0.3) is 5.69 Å². The highest BCUT2D eigenvalue weighted by Crippen LogP contribution is 2.27. The Hall–Kier alpha value is -3.24. The molecule has 0 aliphatic rings. The molecule has 0 unspecified atom stereocenters. The Labute approximate surface area is 174 Å². The van der Waals surface area contributed by atoms with Gasteiger partial charge in [-0.3, -0.25) is 4.79 Å². The minimum atomic E-state index is -3.83. The molecule has 10 heteroatoms. The monoisotopic (exact) mass is 432 g/mol. The summed E-state index contributed by atoms with van der Waals surface area (Å²) in [6.07, 6.45) is 3.20. The molecule has 2 aromatic carbocycles. The van der Waals surface area contributed by atoms with Crippen LogP contribution in [0.1, 0.15) is 16.2 Å². The number of halogens is 1. The maximum Gasteiger partial charge on any atom is 0.255 e. The van der Waals surface area contributed by atoms with Crippen molar-refractivity contribution in [3.05, 3.63) is 66.0 Å². The molecule has 0 bridgehead atoms. The van der Waals surface area contributed by atoms with Gasteiger partial charge in [0.1, 0.15) is 22.3 Å². The van der Waals surface area contributed by atoms with Crippen molar-refractivity contribution in [3.8, 4) is 11.4 Å². The van der Waals surface area contributed by atoms with Crippen LogP contribution < -0.4 is 10.1 Å². The summed E-state index contributed by atoms with van der Waals surface area (Å²) in [7, 11) is 0.278. The van der Waals surface area contributed by atoms with Crippen LogP contribution in [0.5, 0.6) is 5.75 Å². The van der Waals surface area contributed by atoms with Crippen molar-refractivity contribution in [2.75, 3.05) is 26.5 Å². The number of carbonyl (C=O) groups excluding carboxylic acids is 1. The average molecular weight is 432 g/mol. The van der Waals surface area contributed by atoms with Crippen LogP contribution in [0.2, 0.25) is 0 Å². The van der Waals surface area contributed by atoms with E-state index in [1.807, 2.05) is 0 Å². The quantitative estimate of drug-likeness (QED) is 0.647. The van der Waals surface area contributed by atoms with Gasteiger partial charge in [-0.1, -0.05) is 0 Å². The Morgan fingerprint density at radius 2 is 1.93 bits per heavy atom. The average Bonchev–Trinajstić information content (AvgIpc) is 3.13. The molecule has 1 amide bonds. The number of methoxy groups -OCH3 is 1. The summed E-state index contributed by atoms with van der Waals surface area (Å²) >= 11 is 0. The van der Waals surface area contributed by atoms with Gasteiger partial charge in [0.15, 0.2) is 0 Å². The fourth-order valence-electron chi connectivity index (χ4n) is 2.83. The zero-order valence-electron chi connectivity index (χ0n) is 16.9. The number of benzene rings is 2. The first kappa shape index (κ1) is 21.5. The zero-order chi connectivity index (χ0) is 22.1. The summed E-state index contributed by atoms with van der Waals surface area (Å²) < 4.78 is 47.3. The molecule has 0 aliphatic carbocycles. The van der Waals surface area contributed by atoms with Gasteiger partial charge in [0, 0.05) is 37.7 Å². The SMILES string of the molecule is COc1ccc(C(=O)Nc2ccc(-n3ccnc3C)c(F)c2)cc1S(=O)(=O)N(C)C. The van der Waals surface area contributed by atoms with E-state index in [4.69, 9.17) is 4.74 Å². The van der Waals surface area contributed by atoms with Gasteiger partial charge in [-0.2, -0.15) is 0 Å². The van der Waals surface area contributed by atoms with Gasteiger partial charge >= 0.3 is 0 Å². The maximum atomic E-state index is 14.6. The van der Waals surface area contributed by atoms with E-state index in [0.29, 0.717) is 11.5 Å². The number of aryl methyl sites for hydroxylation is 1. The van der Waals surface area contributed by atoms with Crippen LogP contribution in [-0.2, 0) is 10.0 Å². The van der Waals surface area contributed by atoms with E-state index in [1.165, 1.54) is 51.5 Å². The number of hydrogen-bond acceptors (Lipinski definition) is 5. The van der Waals surface area contributed by atoms with Gasteiger partial charge < -0.3 is 14.6 Å². The van der Waals surface area contributed by atoms with Crippen molar-refractivity contribution in [2.24, 2.45) is 0 Å². The molecule has 1 N–H and O–H groups in total. The van der Waals surface area contributed by atoms with Gasteiger partial charge in [-0.05, 0) is 43.3 Å². The van der Waals surface area contributed by atoms with Crippen LogP contribution in [-0.4, -0.2) is 49.4 Å². The Morgan fingerprint density at radius 3 is 2.50 bits per heavy atom. The lowest BCUT2D eigenvalue weighted by Gasteiger charge is -2.15. The van der Waals surface area contributed by atoms with Crippen molar-refractivity contribution < 1.29 is 22.3 Å². The van der Waals surface area contributed by atoms with Crippen molar-refractivity contribution in [2.45, 2.75) is 11.8 Å². The fraction of sp³-hybridized carbons (Fsp3) is 0.200. The molecule has 1 heterocycles. The number of anilines is 1. The van der Waals surface area contributed by atoms with Crippen molar-refractivity contribution in [3.63, 3.8) is 0 Å². The lowest BCUT2D eigenvalue weighted by atomic mass is 10.2. The lowest BCUT2D eigenvalue weighted by Crippen LogP contribution is -2.23. The number of nitrogens with zero attached hydrogens (tertiary/aromatic N) is 3. The van der Waals surface area contributed by atoms with E-state index in [9.17, 15) is 17.6 Å². The minimum absolute atomic E-state index is 0.0890. The highest BCUT2D eigenvalue weighted by Gasteiger charge is 2.24. The van der Waals surface area contributed by atoms with Crippen molar-refractivity contribution in [1.29, 1.82) is 0 Å². The molecule has 0 aliphatic heterocycles. The molecular formula is C20H21FN4O4S. The van der Waals surface area contributed by atoms with Gasteiger partial charge in [0.2, 0.25) is 10.0 Å². The summed E-state index contributed by atoms with van der Waals surface area (Å²) in [6.45, 7) is 1.75. The molecule has 1 aromatic heterocycles. The third kappa shape index (κ3) is 4.05. The van der Waals surface area contributed by atoms with Crippen LogP contribution >= 0.6 is 0 Å². The molecule has 158 valence electrons. The van der Waals surface area contributed by atoms with E-state index < -0.39 is 21.7 Å². The third-order valence-electron chi connectivity index (χ3n) is 4.48. The second-order valence-corrected chi connectivity index (χ2v) is 8.74. The normalized spacial score (nSPS) is 11.5. The molecule has 0 fully saturated rings. The smallest absolute Gasteiger partial charge is 0.255 e. The van der Waals surface area contributed by atoms with Crippen molar-refractivity contribution >= 4 is 21.6 Å². The van der Waals surface area contributed by atoms with Gasteiger partial charge in [0.25, 0.3) is 5.91 Å². The molecule has 0 saturated carbocycles. The van der Waals surface area contributed by atoms with Gasteiger partial charge in [-0.25, -0.2) is 22.1 Å². The summed E-state index contributed by atoms with van der Waals surface area (Å²) in [4.78, 5) is 16.6. The second-order valence-electron chi connectivity index (χ2n) is 6.62. The molecule has 0 spiro atoms. The summed E-state index contributed by atoms with van der Waals surface area (Å²) in [5, 5.41) is 2.58. The van der Waals surface area contributed by atoms with Crippen LogP contribution in [0, 0.1) is 12.7 Å². The lowest BCUT2D eigenvalue weighted by molar-refractivity contribution is 0.102. The van der Waals surface area contributed by atoms with E-state index in [-0.39, 0.29) is 21.9 Å². The molecule has 0 atom stereocenters. The molecule has 0 radical (unpaired) electrons. The highest BCUT2D eigenvalue weighted by atomic mass is 32.2. The predicted octanol–water partition coefficient (Wildman–Crippen LogP) is 2.83. The predicted molar refractivity (Wildman–Crippen MR) is 110 cm³/mol. The van der Waals surface area contributed by atoms with Gasteiger partial charge in [-0.15, -0.1) is 0 Å². The molecule has 3 aromatic rings. The largest absolute Gasteiger partial charge is 0.495 e. The first-order chi connectivity index (χ1) is 14.1. The first-order valence-corrected chi connectivity index (χ1v) is 10.3. The Kier molecular flexibility index (Phi) is 5.90. The number of imidazole rings is 1. The summed E-state index contributed by atoms with van der Waals surface area (Å²) in [6, 6.07) is 8.32. The number of carbonyl (C=O) groups is 1. The standard InChI is InChI=1S/C20H21FN4O4S/c1-13-22-9-10-25(13)17-7-6-15(12-16(17)21)23-20(26)14-5-8-18(29-4)19(11-14)30(27,28)24(2)3/h5-12H,1-4H3,(H,23,26). The number of sulfonamides is 1. The number of aromatic nitrogens is 2. The molecule has 0 saturated heterocycles. The number of amides is 1. The second kappa shape index (κ2) is 8.25. The van der Waals surface area contributed by atoms with Crippen LogP contribution in [0.15, 0.2) is 53.7 Å². The topological polar surface area (TPSA) is 93.5 Å². The molecule has 8 nitrogen and oxygen atoms in total. The van der Waals surface area contributed by atoms with Gasteiger partial charge in [0.05, 0.1) is 12.8 Å². The summed E-state index contributed by atoms with van der Waals surface area (Å²) in [5.41, 5.74) is 0.616. The minimum Gasteiger partial charge on any atom is -0.495 e. The number of ether oxygens (including phenoxy) is 1. The third-order valence-corrected chi connectivity index (χ3v) is 6.31. The molecule has 30 heavy (non-hydrogen) atoms. The zero-order valence-corrected chi connectivity index (χ0v) is 17.7. The number of hydrogen-bond donors (Lipinski definition) is 1. The van der Waals surface area contributed by atoms with Crippen molar-refractivity contribution in [1.82, 2.24) is 13.9 Å². The maximum absolute atomic E-state index is 14.6. The Morgan fingerprint density at radius 1 is 1.20 bits per heavy atom. The molecular weight excluding hydrogens is 411 g/mol. The van der Waals surface area contributed by atoms with E-state index in [0.717, 1.165) is 4.31 Å². The number of rotatable bonds is 6. The summed E-state index contributed by atoms with van der Waals surface area (Å²) in [5.74, 6) is -0.386. The van der Waals surface area contributed by atoms with E-state index >= 15 is 0 Å². The van der Waals surface area contributed by atoms with Crippen LogP contribution in [0.3, 0.4) is 0 Å². The van der Waals surface area contributed by atoms with Crippen LogP contribution in [0.4, 0.5) is 10.1 Å². The highest BCUT2D eigenvalue weighted by molar-refractivity contribution is 7.89.